The highest BCUT2D eigenvalue weighted by molar-refractivity contribution is 5.80. The number of amides is 1. The zero-order valence-electron chi connectivity index (χ0n) is 14.7. The SMILES string of the molecule is CCCCCCCOc1ccc(NCC(=O)NCCCC)cc1. The highest BCUT2D eigenvalue weighted by Gasteiger charge is 2.01. The fraction of sp³-hybridized carbons (Fsp3) is 0.632. The molecule has 1 amide bonds. The summed E-state index contributed by atoms with van der Waals surface area (Å²) in [5.41, 5.74) is 0.936. The molecule has 4 heteroatoms. The number of rotatable bonds is 13. The second kappa shape index (κ2) is 12.8. The van der Waals surface area contributed by atoms with Crippen LogP contribution in [0.25, 0.3) is 0 Å². The summed E-state index contributed by atoms with van der Waals surface area (Å²) in [5, 5.41) is 6.01. The zero-order valence-corrected chi connectivity index (χ0v) is 14.7. The molecule has 0 fully saturated rings. The van der Waals surface area contributed by atoms with Crippen LogP contribution in [-0.4, -0.2) is 25.6 Å². The van der Waals surface area contributed by atoms with Crippen molar-refractivity contribution < 1.29 is 9.53 Å². The highest BCUT2D eigenvalue weighted by Crippen LogP contribution is 2.16. The number of benzene rings is 1. The molecule has 1 rings (SSSR count). The Kier molecular flexibility index (Phi) is 10.8. The summed E-state index contributed by atoms with van der Waals surface area (Å²) in [4.78, 5) is 11.6. The second-order valence-corrected chi connectivity index (χ2v) is 5.84. The average molecular weight is 320 g/mol. The molecule has 23 heavy (non-hydrogen) atoms. The van der Waals surface area contributed by atoms with Crippen LogP contribution in [0.3, 0.4) is 0 Å². The minimum absolute atomic E-state index is 0.0332. The van der Waals surface area contributed by atoms with Crippen LogP contribution >= 0.6 is 0 Å². The lowest BCUT2D eigenvalue weighted by Gasteiger charge is -2.09. The van der Waals surface area contributed by atoms with Crippen molar-refractivity contribution in [2.75, 3.05) is 25.0 Å². The predicted octanol–water partition coefficient (Wildman–Crippen LogP) is 4.36. The molecule has 130 valence electrons. The third-order valence-corrected chi connectivity index (χ3v) is 3.68. The number of nitrogens with one attached hydrogen (secondary N) is 2. The molecule has 0 aliphatic heterocycles. The molecule has 0 spiro atoms. The van der Waals surface area contributed by atoms with E-state index in [2.05, 4.69) is 24.5 Å². The quantitative estimate of drug-likeness (QED) is 0.531. The Morgan fingerprint density at radius 3 is 2.35 bits per heavy atom. The van der Waals surface area contributed by atoms with Gasteiger partial charge in [0.05, 0.1) is 13.2 Å². The molecular weight excluding hydrogens is 288 g/mol. The van der Waals surface area contributed by atoms with Crippen molar-refractivity contribution in [1.29, 1.82) is 0 Å². The molecule has 0 aromatic heterocycles. The van der Waals surface area contributed by atoms with Crippen LogP contribution < -0.4 is 15.4 Å². The third-order valence-electron chi connectivity index (χ3n) is 3.68. The van der Waals surface area contributed by atoms with E-state index in [1.54, 1.807) is 0 Å². The van der Waals surface area contributed by atoms with Crippen LogP contribution in [0.5, 0.6) is 5.75 Å². The van der Waals surface area contributed by atoms with Crippen LogP contribution in [0, 0.1) is 0 Å². The number of ether oxygens (including phenoxy) is 1. The molecular formula is C19H32N2O2. The monoisotopic (exact) mass is 320 g/mol. The minimum atomic E-state index is 0.0332. The number of anilines is 1. The fourth-order valence-corrected chi connectivity index (χ4v) is 2.21. The topological polar surface area (TPSA) is 50.4 Å². The van der Waals surface area contributed by atoms with Gasteiger partial charge in [-0.2, -0.15) is 0 Å². The molecule has 2 N–H and O–H groups in total. The van der Waals surface area contributed by atoms with E-state index in [9.17, 15) is 4.79 Å². The van der Waals surface area contributed by atoms with Crippen molar-refractivity contribution in [2.45, 2.75) is 58.8 Å². The number of hydrogen-bond donors (Lipinski definition) is 2. The maximum atomic E-state index is 11.6. The highest BCUT2D eigenvalue weighted by atomic mass is 16.5. The molecule has 0 heterocycles. The van der Waals surface area contributed by atoms with Crippen LogP contribution in [0.4, 0.5) is 5.69 Å². The third kappa shape index (κ3) is 9.82. The molecule has 0 bridgehead atoms. The van der Waals surface area contributed by atoms with Crippen molar-refractivity contribution in [3.63, 3.8) is 0 Å². The first-order valence-corrected chi connectivity index (χ1v) is 8.99. The van der Waals surface area contributed by atoms with Gasteiger partial charge in [0.1, 0.15) is 5.75 Å². The van der Waals surface area contributed by atoms with E-state index in [0.29, 0.717) is 6.54 Å². The summed E-state index contributed by atoms with van der Waals surface area (Å²) in [7, 11) is 0. The Morgan fingerprint density at radius 2 is 1.65 bits per heavy atom. The molecule has 0 unspecified atom stereocenters. The smallest absolute Gasteiger partial charge is 0.239 e. The largest absolute Gasteiger partial charge is 0.494 e. The van der Waals surface area contributed by atoms with Crippen molar-refractivity contribution >= 4 is 11.6 Å². The Morgan fingerprint density at radius 1 is 0.957 bits per heavy atom. The normalized spacial score (nSPS) is 10.3. The van der Waals surface area contributed by atoms with Gasteiger partial charge in [0.2, 0.25) is 5.91 Å². The van der Waals surface area contributed by atoms with Crippen LogP contribution in [-0.2, 0) is 4.79 Å². The molecule has 0 saturated heterocycles. The Hall–Kier alpha value is -1.71. The van der Waals surface area contributed by atoms with Crippen LogP contribution in [0.2, 0.25) is 0 Å². The van der Waals surface area contributed by atoms with Gasteiger partial charge in [0, 0.05) is 12.2 Å². The van der Waals surface area contributed by atoms with E-state index in [4.69, 9.17) is 4.74 Å². The summed E-state index contributed by atoms with van der Waals surface area (Å²) in [5.74, 6) is 0.921. The first-order valence-electron chi connectivity index (χ1n) is 8.99. The lowest BCUT2D eigenvalue weighted by molar-refractivity contribution is -0.119. The van der Waals surface area contributed by atoms with Crippen molar-refractivity contribution in [3.8, 4) is 5.75 Å². The van der Waals surface area contributed by atoms with Crippen molar-refractivity contribution in [2.24, 2.45) is 0 Å². The molecule has 1 aromatic carbocycles. The van der Waals surface area contributed by atoms with Gasteiger partial charge in [0.15, 0.2) is 0 Å². The number of hydrogen-bond acceptors (Lipinski definition) is 3. The second-order valence-electron chi connectivity index (χ2n) is 5.84. The Balaban J connectivity index is 2.16. The van der Waals surface area contributed by atoms with Gasteiger partial charge >= 0.3 is 0 Å². The molecule has 0 radical (unpaired) electrons. The summed E-state index contributed by atoms with van der Waals surface area (Å²) in [6.45, 7) is 6.17. The average Bonchev–Trinajstić information content (AvgIpc) is 2.57. The van der Waals surface area contributed by atoms with Crippen molar-refractivity contribution in [1.82, 2.24) is 5.32 Å². The first-order chi connectivity index (χ1) is 11.3. The standard InChI is InChI=1S/C19H32N2O2/c1-3-5-7-8-9-15-23-18-12-10-17(11-13-18)21-16-19(22)20-14-6-4-2/h10-13,21H,3-9,14-16H2,1-2H3,(H,20,22). The molecule has 0 atom stereocenters. The van der Waals surface area contributed by atoms with Gasteiger partial charge in [-0.25, -0.2) is 0 Å². The van der Waals surface area contributed by atoms with E-state index in [0.717, 1.165) is 43.9 Å². The number of unbranched alkanes of at least 4 members (excludes halogenated alkanes) is 5. The van der Waals surface area contributed by atoms with E-state index >= 15 is 0 Å². The van der Waals surface area contributed by atoms with E-state index in [-0.39, 0.29) is 5.91 Å². The van der Waals surface area contributed by atoms with Gasteiger partial charge in [0.25, 0.3) is 0 Å². The molecule has 4 nitrogen and oxygen atoms in total. The number of carbonyl (C=O) groups excluding carboxylic acids is 1. The molecule has 1 aromatic rings. The summed E-state index contributed by atoms with van der Waals surface area (Å²) < 4.78 is 5.73. The van der Waals surface area contributed by atoms with Gasteiger partial charge in [-0.3, -0.25) is 4.79 Å². The van der Waals surface area contributed by atoms with Crippen LogP contribution in [0.15, 0.2) is 24.3 Å². The van der Waals surface area contributed by atoms with Crippen LogP contribution in [0.1, 0.15) is 58.8 Å². The Bertz CT molecular complexity index is 418. The van der Waals surface area contributed by atoms with Gasteiger partial charge in [-0.05, 0) is 37.1 Å². The molecule has 0 saturated carbocycles. The lowest BCUT2D eigenvalue weighted by Crippen LogP contribution is -2.30. The summed E-state index contributed by atoms with van der Waals surface area (Å²) >= 11 is 0. The summed E-state index contributed by atoms with van der Waals surface area (Å²) in [6.07, 6.45) is 8.34. The van der Waals surface area contributed by atoms with Crippen molar-refractivity contribution in [3.05, 3.63) is 24.3 Å². The van der Waals surface area contributed by atoms with Gasteiger partial charge < -0.3 is 15.4 Å². The van der Waals surface area contributed by atoms with Gasteiger partial charge in [-0.15, -0.1) is 0 Å². The maximum absolute atomic E-state index is 11.6. The zero-order chi connectivity index (χ0) is 16.8. The van der Waals surface area contributed by atoms with E-state index in [1.807, 2.05) is 24.3 Å². The number of carbonyl (C=O) groups is 1. The van der Waals surface area contributed by atoms with E-state index < -0.39 is 0 Å². The molecule has 0 aliphatic rings. The van der Waals surface area contributed by atoms with Gasteiger partial charge in [-0.1, -0.05) is 46.0 Å². The maximum Gasteiger partial charge on any atom is 0.239 e. The Labute approximate surface area is 141 Å². The molecule has 0 aliphatic carbocycles. The lowest BCUT2D eigenvalue weighted by atomic mass is 10.2. The predicted molar refractivity (Wildman–Crippen MR) is 97.1 cm³/mol. The fourth-order valence-electron chi connectivity index (χ4n) is 2.21. The first kappa shape index (κ1) is 19.3. The summed E-state index contributed by atoms with van der Waals surface area (Å²) in [6, 6.07) is 7.80. The minimum Gasteiger partial charge on any atom is -0.494 e. The van der Waals surface area contributed by atoms with E-state index in [1.165, 1.54) is 25.7 Å².